The molecule has 0 heterocycles. The van der Waals surface area contributed by atoms with Gasteiger partial charge in [0.25, 0.3) is 0 Å². The second-order valence-corrected chi connectivity index (χ2v) is 3.59. The van der Waals surface area contributed by atoms with Crippen molar-refractivity contribution in [1.29, 1.82) is 0 Å². The number of rotatable bonds is 5. The Bertz CT molecular complexity index is 218. The van der Waals surface area contributed by atoms with E-state index in [0.717, 1.165) is 12.8 Å². The van der Waals surface area contributed by atoms with Crippen molar-refractivity contribution in [2.24, 2.45) is 5.73 Å². The van der Waals surface area contributed by atoms with Crippen LogP contribution >= 0.6 is 0 Å². The van der Waals surface area contributed by atoms with Crippen molar-refractivity contribution in [2.45, 2.75) is 38.6 Å². The first-order valence-corrected chi connectivity index (χ1v) is 5.12. The molecule has 0 saturated heterocycles. The summed E-state index contributed by atoms with van der Waals surface area (Å²) in [4.78, 5) is 0. The second-order valence-electron chi connectivity index (χ2n) is 3.59. The van der Waals surface area contributed by atoms with E-state index < -0.39 is 0 Å². The topological polar surface area (TPSA) is 26.0 Å². The minimum atomic E-state index is 0.336. The van der Waals surface area contributed by atoms with Crippen LogP contribution in [0.4, 0.5) is 0 Å². The summed E-state index contributed by atoms with van der Waals surface area (Å²) in [5, 5.41) is 0. The van der Waals surface area contributed by atoms with Crippen molar-refractivity contribution in [3.63, 3.8) is 0 Å². The van der Waals surface area contributed by atoms with Gasteiger partial charge in [0.1, 0.15) is 0 Å². The molecule has 0 bridgehead atoms. The van der Waals surface area contributed by atoms with Gasteiger partial charge in [-0.2, -0.15) is 0 Å². The summed E-state index contributed by atoms with van der Waals surface area (Å²) >= 11 is 0. The van der Waals surface area contributed by atoms with E-state index in [1.807, 2.05) is 6.07 Å². The summed E-state index contributed by atoms with van der Waals surface area (Å²) in [6.45, 7) is 2.20. The SMILES string of the molecule is CCCCC(N)Cc1ccccc1. The van der Waals surface area contributed by atoms with Crippen LogP contribution in [0.5, 0.6) is 0 Å². The fourth-order valence-corrected chi connectivity index (χ4v) is 1.49. The number of nitrogens with two attached hydrogens (primary N) is 1. The van der Waals surface area contributed by atoms with Crippen LogP contribution in [0, 0.1) is 0 Å². The first-order chi connectivity index (χ1) is 6.33. The molecule has 1 heteroatoms. The van der Waals surface area contributed by atoms with Crippen LogP contribution in [0.3, 0.4) is 0 Å². The van der Waals surface area contributed by atoms with Crippen molar-refractivity contribution in [1.82, 2.24) is 0 Å². The molecule has 0 amide bonds. The van der Waals surface area contributed by atoms with Gasteiger partial charge in [0.15, 0.2) is 0 Å². The van der Waals surface area contributed by atoms with E-state index in [0.29, 0.717) is 6.04 Å². The molecule has 0 aliphatic heterocycles. The average Bonchev–Trinajstić information content (AvgIpc) is 2.16. The fourth-order valence-electron chi connectivity index (χ4n) is 1.49. The van der Waals surface area contributed by atoms with Gasteiger partial charge < -0.3 is 5.73 Å². The average molecular weight is 177 g/mol. The van der Waals surface area contributed by atoms with Crippen molar-refractivity contribution in [2.75, 3.05) is 0 Å². The molecular formula is C12H19N. The van der Waals surface area contributed by atoms with Crippen molar-refractivity contribution in [3.05, 3.63) is 35.9 Å². The highest BCUT2D eigenvalue weighted by Crippen LogP contribution is 2.06. The summed E-state index contributed by atoms with van der Waals surface area (Å²) in [6.07, 6.45) is 4.64. The summed E-state index contributed by atoms with van der Waals surface area (Å²) < 4.78 is 0. The van der Waals surface area contributed by atoms with Crippen molar-refractivity contribution >= 4 is 0 Å². The Balaban J connectivity index is 2.32. The molecule has 0 aliphatic carbocycles. The Morgan fingerprint density at radius 3 is 2.54 bits per heavy atom. The van der Waals surface area contributed by atoms with Crippen LogP contribution in [0.15, 0.2) is 30.3 Å². The van der Waals surface area contributed by atoms with E-state index in [2.05, 4.69) is 31.2 Å². The van der Waals surface area contributed by atoms with Crippen molar-refractivity contribution < 1.29 is 0 Å². The molecule has 0 aliphatic rings. The monoisotopic (exact) mass is 177 g/mol. The molecule has 1 rings (SSSR count). The standard InChI is InChI=1S/C12H19N/c1-2-3-9-12(13)10-11-7-5-4-6-8-11/h4-8,12H,2-3,9-10,13H2,1H3. The molecule has 1 nitrogen and oxygen atoms in total. The molecule has 0 fully saturated rings. The van der Waals surface area contributed by atoms with E-state index in [-0.39, 0.29) is 0 Å². The second kappa shape index (κ2) is 5.76. The Morgan fingerprint density at radius 2 is 1.92 bits per heavy atom. The normalized spacial score (nSPS) is 12.8. The first-order valence-electron chi connectivity index (χ1n) is 5.12. The van der Waals surface area contributed by atoms with Gasteiger partial charge in [-0.15, -0.1) is 0 Å². The predicted octanol–water partition coefficient (Wildman–Crippen LogP) is 2.75. The fraction of sp³-hybridized carbons (Fsp3) is 0.500. The maximum absolute atomic E-state index is 5.99. The molecular weight excluding hydrogens is 158 g/mol. The Labute approximate surface area is 81.0 Å². The highest BCUT2D eigenvalue weighted by Gasteiger charge is 2.02. The van der Waals surface area contributed by atoms with Gasteiger partial charge in [-0.25, -0.2) is 0 Å². The van der Waals surface area contributed by atoms with Crippen LogP contribution in [0.2, 0.25) is 0 Å². The van der Waals surface area contributed by atoms with E-state index in [1.165, 1.54) is 18.4 Å². The first kappa shape index (κ1) is 10.3. The molecule has 0 radical (unpaired) electrons. The summed E-state index contributed by atoms with van der Waals surface area (Å²) in [6, 6.07) is 10.8. The molecule has 1 aromatic rings. The molecule has 1 atom stereocenters. The van der Waals surface area contributed by atoms with Crippen LogP contribution in [-0.2, 0) is 6.42 Å². The molecule has 2 N–H and O–H groups in total. The van der Waals surface area contributed by atoms with Gasteiger partial charge in [-0.1, -0.05) is 50.1 Å². The Hall–Kier alpha value is -0.820. The number of benzene rings is 1. The molecule has 1 aromatic carbocycles. The van der Waals surface area contributed by atoms with Crippen LogP contribution < -0.4 is 5.73 Å². The maximum atomic E-state index is 5.99. The van der Waals surface area contributed by atoms with Gasteiger partial charge >= 0.3 is 0 Å². The molecule has 0 aromatic heterocycles. The quantitative estimate of drug-likeness (QED) is 0.735. The summed E-state index contributed by atoms with van der Waals surface area (Å²) in [5.41, 5.74) is 7.34. The third-order valence-electron chi connectivity index (χ3n) is 2.27. The lowest BCUT2D eigenvalue weighted by Crippen LogP contribution is -2.22. The third kappa shape index (κ3) is 4.09. The highest BCUT2D eigenvalue weighted by atomic mass is 14.6. The zero-order chi connectivity index (χ0) is 9.52. The zero-order valence-electron chi connectivity index (χ0n) is 8.37. The molecule has 1 unspecified atom stereocenters. The maximum Gasteiger partial charge on any atom is 0.00793 e. The zero-order valence-corrected chi connectivity index (χ0v) is 8.37. The number of hydrogen-bond acceptors (Lipinski definition) is 1. The van der Waals surface area contributed by atoms with Gasteiger partial charge in [-0.3, -0.25) is 0 Å². The third-order valence-corrected chi connectivity index (χ3v) is 2.27. The van der Waals surface area contributed by atoms with Gasteiger partial charge in [0.05, 0.1) is 0 Å². The lowest BCUT2D eigenvalue weighted by molar-refractivity contribution is 0.574. The minimum Gasteiger partial charge on any atom is -0.327 e. The van der Waals surface area contributed by atoms with E-state index >= 15 is 0 Å². The van der Waals surface area contributed by atoms with E-state index in [9.17, 15) is 0 Å². The Kier molecular flexibility index (Phi) is 4.55. The minimum absolute atomic E-state index is 0.336. The highest BCUT2D eigenvalue weighted by molar-refractivity contribution is 5.15. The van der Waals surface area contributed by atoms with Crippen LogP contribution in [-0.4, -0.2) is 6.04 Å². The van der Waals surface area contributed by atoms with Gasteiger partial charge in [-0.05, 0) is 18.4 Å². The lowest BCUT2D eigenvalue weighted by atomic mass is 10.0. The van der Waals surface area contributed by atoms with Crippen LogP contribution in [0.1, 0.15) is 31.7 Å². The largest absolute Gasteiger partial charge is 0.327 e. The van der Waals surface area contributed by atoms with Gasteiger partial charge in [0.2, 0.25) is 0 Å². The smallest absolute Gasteiger partial charge is 0.00793 e. The number of unbranched alkanes of at least 4 members (excludes halogenated alkanes) is 1. The van der Waals surface area contributed by atoms with Crippen molar-refractivity contribution in [3.8, 4) is 0 Å². The molecule has 13 heavy (non-hydrogen) atoms. The van der Waals surface area contributed by atoms with Crippen LogP contribution in [0.25, 0.3) is 0 Å². The molecule has 0 spiro atoms. The summed E-state index contributed by atoms with van der Waals surface area (Å²) in [7, 11) is 0. The number of hydrogen-bond donors (Lipinski definition) is 1. The van der Waals surface area contributed by atoms with Gasteiger partial charge in [0, 0.05) is 6.04 Å². The van der Waals surface area contributed by atoms with E-state index in [4.69, 9.17) is 5.73 Å². The van der Waals surface area contributed by atoms with E-state index in [1.54, 1.807) is 0 Å². The lowest BCUT2D eigenvalue weighted by Gasteiger charge is -2.10. The molecule has 0 saturated carbocycles. The Morgan fingerprint density at radius 1 is 1.23 bits per heavy atom. The predicted molar refractivity (Wildman–Crippen MR) is 57.6 cm³/mol. The molecule has 72 valence electrons. The summed E-state index contributed by atoms with van der Waals surface area (Å²) in [5.74, 6) is 0.